The molecule has 1 aromatic heterocycles. The quantitative estimate of drug-likeness (QED) is 0.435. The highest BCUT2D eigenvalue weighted by Crippen LogP contribution is 2.43. The van der Waals surface area contributed by atoms with E-state index in [4.69, 9.17) is 21.3 Å². The summed E-state index contributed by atoms with van der Waals surface area (Å²) >= 11 is 6.16. The maximum Gasteiger partial charge on any atom is 0.233 e. The van der Waals surface area contributed by atoms with Gasteiger partial charge in [0.05, 0.1) is 31.5 Å². The van der Waals surface area contributed by atoms with Crippen LogP contribution in [0.2, 0.25) is 5.02 Å². The first kappa shape index (κ1) is 24.4. The number of nitrogens with zero attached hydrogens (tertiary/aromatic N) is 3. The maximum atomic E-state index is 13.5. The highest BCUT2D eigenvalue weighted by atomic mass is 35.5. The number of fused-ring (bicyclic) bond motifs is 1. The van der Waals surface area contributed by atoms with Crippen molar-refractivity contribution in [3.8, 4) is 11.5 Å². The average Bonchev–Trinajstić information content (AvgIpc) is 2.89. The molecular weight excluding hydrogens is 474 g/mol. The number of pyridine rings is 1. The van der Waals surface area contributed by atoms with Gasteiger partial charge in [0.1, 0.15) is 5.82 Å². The second-order valence-corrected chi connectivity index (χ2v) is 10.3. The van der Waals surface area contributed by atoms with Crippen molar-refractivity contribution in [3.63, 3.8) is 0 Å². The summed E-state index contributed by atoms with van der Waals surface area (Å²) in [5.74, 6) is 1.63. The predicted octanol–water partition coefficient (Wildman–Crippen LogP) is 6.14. The molecule has 6 nitrogen and oxygen atoms in total. The third-order valence-corrected chi connectivity index (χ3v) is 7.72. The number of rotatable bonds is 6. The van der Waals surface area contributed by atoms with Crippen LogP contribution in [0.25, 0.3) is 0 Å². The summed E-state index contributed by atoms with van der Waals surface area (Å²) in [5, 5.41) is 11.2. The van der Waals surface area contributed by atoms with Crippen LogP contribution in [0.4, 0.5) is 11.5 Å². The lowest BCUT2D eigenvalue weighted by atomic mass is 9.87. The molecule has 3 aromatic rings. The molecule has 0 saturated heterocycles. The van der Waals surface area contributed by atoms with E-state index in [1.807, 2.05) is 42.6 Å². The SMILES string of the molecule is COc1cc2c(cc1O)[C@H](c1ccc(Cl)cc1)N(c1ccc(N(C)CC3CCCCC3)cn1)C(=O)C2. The van der Waals surface area contributed by atoms with Crippen molar-refractivity contribution in [1.82, 2.24) is 4.98 Å². The van der Waals surface area contributed by atoms with E-state index >= 15 is 0 Å². The number of aromatic nitrogens is 1. The molecule has 1 amide bonds. The van der Waals surface area contributed by atoms with E-state index in [1.54, 1.807) is 17.0 Å². The molecule has 1 N–H and O–H groups in total. The summed E-state index contributed by atoms with van der Waals surface area (Å²) < 4.78 is 5.30. The van der Waals surface area contributed by atoms with Crippen LogP contribution in [-0.4, -0.2) is 36.7 Å². The number of benzene rings is 2. The fraction of sp³-hybridized carbons (Fsp3) is 0.379. The van der Waals surface area contributed by atoms with Crippen LogP contribution in [0.15, 0.2) is 54.7 Å². The minimum absolute atomic E-state index is 0.0390. The Kier molecular flexibility index (Phi) is 7.06. The van der Waals surface area contributed by atoms with E-state index in [1.165, 1.54) is 39.2 Å². The number of hydrogen-bond acceptors (Lipinski definition) is 5. The molecule has 0 unspecified atom stereocenters. The Morgan fingerprint density at radius 2 is 1.86 bits per heavy atom. The number of phenolic OH excluding ortho intramolecular Hbond substituents is 1. The Morgan fingerprint density at radius 1 is 1.11 bits per heavy atom. The van der Waals surface area contributed by atoms with Gasteiger partial charge in [0.2, 0.25) is 5.91 Å². The number of carbonyl (C=O) groups excluding carboxylic acids is 1. The normalized spacial score (nSPS) is 18.1. The Hall–Kier alpha value is -3.25. The van der Waals surface area contributed by atoms with E-state index in [0.717, 1.165) is 34.8 Å². The van der Waals surface area contributed by atoms with Gasteiger partial charge in [0.25, 0.3) is 0 Å². The molecule has 5 rings (SSSR count). The Bertz CT molecular complexity index is 1220. The zero-order chi connectivity index (χ0) is 25.2. The zero-order valence-electron chi connectivity index (χ0n) is 20.8. The highest BCUT2D eigenvalue weighted by molar-refractivity contribution is 6.30. The Balaban J connectivity index is 1.49. The topological polar surface area (TPSA) is 65.9 Å². The molecule has 2 heterocycles. The van der Waals surface area contributed by atoms with Gasteiger partial charge in [-0.2, -0.15) is 0 Å². The lowest BCUT2D eigenvalue weighted by molar-refractivity contribution is -0.118. The van der Waals surface area contributed by atoms with Crippen LogP contribution in [0.5, 0.6) is 11.5 Å². The molecule has 1 saturated carbocycles. The summed E-state index contributed by atoms with van der Waals surface area (Å²) in [4.78, 5) is 22.2. The van der Waals surface area contributed by atoms with Crippen molar-refractivity contribution in [1.29, 1.82) is 0 Å². The van der Waals surface area contributed by atoms with Gasteiger partial charge in [-0.05, 0) is 71.8 Å². The summed E-state index contributed by atoms with van der Waals surface area (Å²) in [6.07, 6.45) is 8.62. The van der Waals surface area contributed by atoms with Crippen LogP contribution in [0.3, 0.4) is 0 Å². The van der Waals surface area contributed by atoms with Crippen molar-refractivity contribution in [2.24, 2.45) is 5.92 Å². The second kappa shape index (κ2) is 10.4. The predicted molar refractivity (Wildman–Crippen MR) is 143 cm³/mol. The molecule has 0 radical (unpaired) electrons. The molecule has 0 spiro atoms. The minimum Gasteiger partial charge on any atom is -0.504 e. The third-order valence-electron chi connectivity index (χ3n) is 7.47. The van der Waals surface area contributed by atoms with Gasteiger partial charge < -0.3 is 14.7 Å². The van der Waals surface area contributed by atoms with Gasteiger partial charge in [-0.25, -0.2) is 4.98 Å². The average molecular weight is 506 g/mol. The number of phenols is 1. The first-order chi connectivity index (χ1) is 17.4. The summed E-state index contributed by atoms with van der Waals surface area (Å²) in [6, 6.07) is 14.4. The summed E-state index contributed by atoms with van der Waals surface area (Å²) in [5.41, 5.74) is 3.60. The largest absolute Gasteiger partial charge is 0.504 e. The highest BCUT2D eigenvalue weighted by Gasteiger charge is 2.36. The van der Waals surface area contributed by atoms with E-state index < -0.39 is 6.04 Å². The number of anilines is 2. The van der Waals surface area contributed by atoms with Gasteiger partial charge in [-0.1, -0.05) is 43.0 Å². The molecule has 1 aliphatic carbocycles. The van der Waals surface area contributed by atoms with Gasteiger partial charge in [-0.15, -0.1) is 0 Å². The van der Waals surface area contributed by atoms with E-state index in [9.17, 15) is 9.90 Å². The Labute approximate surface area is 217 Å². The van der Waals surface area contributed by atoms with E-state index in [2.05, 4.69) is 11.9 Å². The molecule has 2 aromatic carbocycles. The summed E-state index contributed by atoms with van der Waals surface area (Å²) in [6.45, 7) is 1.02. The molecule has 1 atom stereocenters. The van der Waals surface area contributed by atoms with Crippen molar-refractivity contribution in [2.45, 2.75) is 44.6 Å². The van der Waals surface area contributed by atoms with Crippen LogP contribution in [0, 0.1) is 5.92 Å². The molecule has 7 heteroatoms. The Morgan fingerprint density at radius 3 is 2.53 bits per heavy atom. The van der Waals surface area contributed by atoms with Crippen LogP contribution < -0.4 is 14.5 Å². The van der Waals surface area contributed by atoms with Crippen molar-refractivity contribution in [3.05, 3.63) is 76.4 Å². The first-order valence-corrected chi connectivity index (χ1v) is 13.0. The second-order valence-electron chi connectivity index (χ2n) is 9.88. The molecule has 36 heavy (non-hydrogen) atoms. The van der Waals surface area contributed by atoms with Crippen LogP contribution in [-0.2, 0) is 11.2 Å². The number of methoxy groups -OCH3 is 1. The fourth-order valence-corrected chi connectivity index (χ4v) is 5.70. The minimum atomic E-state index is -0.450. The smallest absolute Gasteiger partial charge is 0.233 e. The van der Waals surface area contributed by atoms with E-state index in [0.29, 0.717) is 16.6 Å². The number of hydrogen-bond donors (Lipinski definition) is 1. The van der Waals surface area contributed by atoms with Crippen molar-refractivity contribution >= 4 is 29.0 Å². The molecule has 0 bridgehead atoms. The van der Waals surface area contributed by atoms with Gasteiger partial charge in [-0.3, -0.25) is 9.69 Å². The lowest BCUT2D eigenvalue weighted by Gasteiger charge is -2.37. The summed E-state index contributed by atoms with van der Waals surface area (Å²) in [7, 11) is 3.62. The molecule has 1 aliphatic heterocycles. The van der Waals surface area contributed by atoms with Crippen molar-refractivity contribution in [2.75, 3.05) is 30.5 Å². The number of ether oxygens (including phenoxy) is 1. The number of carbonyl (C=O) groups is 1. The van der Waals surface area contributed by atoms with Crippen LogP contribution >= 0.6 is 11.6 Å². The van der Waals surface area contributed by atoms with Gasteiger partial charge in [0.15, 0.2) is 11.5 Å². The van der Waals surface area contributed by atoms with E-state index in [-0.39, 0.29) is 18.1 Å². The molecule has 2 aliphatic rings. The number of aromatic hydroxyl groups is 1. The first-order valence-electron chi connectivity index (χ1n) is 12.6. The zero-order valence-corrected chi connectivity index (χ0v) is 21.5. The lowest BCUT2D eigenvalue weighted by Crippen LogP contribution is -2.41. The third kappa shape index (κ3) is 4.87. The molecule has 1 fully saturated rings. The molecule has 188 valence electrons. The standard InChI is InChI=1S/C29H32ClN3O3/c1-32(18-19-6-4-3-5-7-19)23-12-13-27(31-17-23)33-28(35)15-21-14-26(36-2)25(34)16-24(21)29(33)20-8-10-22(30)11-9-20/h8-14,16-17,19,29,34H,3-7,15,18H2,1-2H3/t29-/m0/s1. The molecular formula is C29H32ClN3O3. The van der Waals surface area contributed by atoms with Gasteiger partial charge >= 0.3 is 0 Å². The monoisotopic (exact) mass is 505 g/mol. The number of amides is 1. The fourth-order valence-electron chi connectivity index (χ4n) is 5.57. The van der Waals surface area contributed by atoms with Crippen LogP contribution in [0.1, 0.15) is 54.8 Å². The maximum absolute atomic E-state index is 13.5. The van der Waals surface area contributed by atoms with Gasteiger partial charge in [0, 0.05) is 18.6 Å². The number of halogens is 1. The van der Waals surface area contributed by atoms with Crippen molar-refractivity contribution < 1.29 is 14.6 Å².